The number of rotatable bonds is 5. The number of carbonyl (C=O) groups excluding carboxylic acids is 1. The number of amides is 2. The Bertz CT molecular complexity index is 1150. The first-order chi connectivity index (χ1) is 16.3. The molecule has 3 heterocycles. The monoisotopic (exact) mass is 473 g/mol. The van der Waals surface area contributed by atoms with Crippen LogP contribution in [0.4, 0.5) is 41.1 Å². The molecule has 2 amide bonds. The minimum atomic E-state index is -4.85. The predicted molar refractivity (Wildman–Crippen MR) is 120 cm³/mol. The maximum atomic E-state index is 12.6. The number of carbonyl (C=O) groups is 1. The average Bonchev–Trinajstić information content (AvgIpc) is 2.80. The van der Waals surface area contributed by atoms with Crippen LogP contribution in [-0.2, 0) is 0 Å². The summed E-state index contributed by atoms with van der Waals surface area (Å²) >= 11 is 0. The first kappa shape index (κ1) is 23.1. The molecule has 0 unspecified atom stereocenters. The molecule has 0 atom stereocenters. The molecule has 4 rings (SSSR count). The van der Waals surface area contributed by atoms with Crippen molar-refractivity contribution in [2.75, 3.05) is 41.7 Å². The van der Waals surface area contributed by atoms with Gasteiger partial charge in [0.1, 0.15) is 23.8 Å². The number of nitrogens with zero attached hydrogens (tertiary/aromatic N) is 5. The van der Waals surface area contributed by atoms with Crippen LogP contribution in [0.1, 0.15) is 5.56 Å². The van der Waals surface area contributed by atoms with Gasteiger partial charge in [0, 0.05) is 38.4 Å². The van der Waals surface area contributed by atoms with Crippen LogP contribution in [0.2, 0.25) is 0 Å². The van der Waals surface area contributed by atoms with Gasteiger partial charge in [-0.15, -0.1) is 13.2 Å². The molecule has 1 aliphatic heterocycles. The molecule has 1 aromatic carbocycles. The fourth-order valence-electron chi connectivity index (χ4n) is 3.44. The van der Waals surface area contributed by atoms with Crippen LogP contribution in [0.25, 0.3) is 0 Å². The Morgan fingerprint density at radius 1 is 1.00 bits per heavy atom. The Morgan fingerprint density at radius 3 is 2.47 bits per heavy atom. The summed E-state index contributed by atoms with van der Waals surface area (Å²) < 4.78 is 41.8. The quantitative estimate of drug-likeness (QED) is 0.574. The number of hydrogen-bond acceptors (Lipinski definition) is 7. The lowest BCUT2D eigenvalue weighted by Gasteiger charge is -2.35. The second kappa shape index (κ2) is 9.81. The van der Waals surface area contributed by atoms with Crippen molar-refractivity contribution >= 4 is 29.2 Å². The number of piperazine rings is 1. The van der Waals surface area contributed by atoms with Crippen molar-refractivity contribution in [2.24, 2.45) is 0 Å². The van der Waals surface area contributed by atoms with Crippen LogP contribution in [0.5, 0.6) is 5.75 Å². The van der Waals surface area contributed by atoms with Gasteiger partial charge in [0.25, 0.3) is 0 Å². The third-order valence-electron chi connectivity index (χ3n) is 5.07. The largest absolute Gasteiger partial charge is 0.573 e. The molecule has 0 bridgehead atoms. The van der Waals surface area contributed by atoms with E-state index in [0.29, 0.717) is 43.6 Å². The molecule has 12 heteroatoms. The highest BCUT2D eigenvalue weighted by molar-refractivity contribution is 5.91. The zero-order chi connectivity index (χ0) is 24.1. The van der Waals surface area contributed by atoms with Gasteiger partial charge in [-0.05, 0) is 36.8 Å². The summed E-state index contributed by atoms with van der Waals surface area (Å²) in [6, 6.07) is 10.5. The number of alkyl halides is 3. The van der Waals surface area contributed by atoms with Crippen molar-refractivity contribution < 1.29 is 22.7 Å². The lowest BCUT2D eigenvalue weighted by Crippen LogP contribution is -2.50. The van der Waals surface area contributed by atoms with Gasteiger partial charge in [-0.1, -0.05) is 12.1 Å². The van der Waals surface area contributed by atoms with E-state index in [4.69, 9.17) is 0 Å². The lowest BCUT2D eigenvalue weighted by atomic mass is 10.3. The van der Waals surface area contributed by atoms with E-state index in [1.54, 1.807) is 12.3 Å². The molecule has 0 saturated carbocycles. The SMILES string of the molecule is Cc1ccnc(Nc2cc(N3CCN(C(=O)Nc4ccccc4OC(F)(F)F)CC3)ncn2)c1. The number of aryl methyl sites for hydroxylation is 1. The average molecular weight is 473 g/mol. The summed E-state index contributed by atoms with van der Waals surface area (Å²) in [5.41, 5.74) is 1.01. The Balaban J connectivity index is 1.35. The molecule has 2 N–H and O–H groups in total. The van der Waals surface area contributed by atoms with E-state index in [2.05, 4.69) is 30.3 Å². The third-order valence-corrected chi connectivity index (χ3v) is 5.07. The molecule has 2 aromatic heterocycles. The first-order valence-corrected chi connectivity index (χ1v) is 10.4. The van der Waals surface area contributed by atoms with E-state index in [1.807, 2.05) is 24.0 Å². The van der Waals surface area contributed by atoms with Crippen molar-refractivity contribution in [2.45, 2.75) is 13.3 Å². The summed E-state index contributed by atoms with van der Waals surface area (Å²) in [7, 11) is 0. The highest BCUT2D eigenvalue weighted by atomic mass is 19.4. The van der Waals surface area contributed by atoms with Gasteiger partial charge < -0.3 is 25.2 Å². The van der Waals surface area contributed by atoms with E-state index >= 15 is 0 Å². The fourth-order valence-corrected chi connectivity index (χ4v) is 3.44. The van der Waals surface area contributed by atoms with E-state index in [9.17, 15) is 18.0 Å². The Kier molecular flexibility index (Phi) is 6.66. The number of para-hydroxylation sites is 2. The zero-order valence-electron chi connectivity index (χ0n) is 18.2. The molecule has 178 valence electrons. The summed E-state index contributed by atoms with van der Waals surface area (Å²) in [5.74, 6) is 1.48. The van der Waals surface area contributed by atoms with Gasteiger partial charge in [0.2, 0.25) is 0 Å². The number of ether oxygens (including phenoxy) is 1. The number of hydrogen-bond donors (Lipinski definition) is 2. The van der Waals surface area contributed by atoms with Crippen LogP contribution in [0, 0.1) is 6.92 Å². The first-order valence-electron chi connectivity index (χ1n) is 10.4. The molecule has 0 spiro atoms. The predicted octanol–water partition coefficient (Wildman–Crippen LogP) is 4.18. The zero-order valence-corrected chi connectivity index (χ0v) is 18.2. The van der Waals surface area contributed by atoms with Gasteiger partial charge in [-0.2, -0.15) is 0 Å². The van der Waals surface area contributed by atoms with Crippen LogP contribution in [0.15, 0.2) is 55.0 Å². The normalized spacial score (nSPS) is 14.0. The molecule has 3 aromatic rings. The van der Waals surface area contributed by atoms with Gasteiger partial charge in [-0.25, -0.2) is 19.7 Å². The molecule has 1 saturated heterocycles. The van der Waals surface area contributed by atoms with Crippen LogP contribution >= 0.6 is 0 Å². The summed E-state index contributed by atoms with van der Waals surface area (Å²) in [6.07, 6.45) is -1.70. The van der Waals surface area contributed by atoms with Crippen LogP contribution in [0.3, 0.4) is 0 Å². The van der Waals surface area contributed by atoms with E-state index in [1.165, 1.54) is 29.4 Å². The number of aromatic nitrogens is 3. The van der Waals surface area contributed by atoms with Gasteiger partial charge in [0.15, 0.2) is 5.75 Å². The Morgan fingerprint density at radius 2 is 1.74 bits per heavy atom. The molecule has 1 fully saturated rings. The Hall–Kier alpha value is -4.09. The second-order valence-corrected chi connectivity index (χ2v) is 7.55. The summed E-state index contributed by atoms with van der Waals surface area (Å²) in [6.45, 7) is 3.68. The molecule has 0 radical (unpaired) electrons. The second-order valence-electron chi connectivity index (χ2n) is 7.55. The van der Waals surface area contributed by atoms with E-state index in [-0.39, 0.29) is 5.69 Å². The molecule has 34 heavy (non-hydrogen) atoms. The fraction of sp³-hybridized carbons (Fsp3) is 0.273. The van der Waals surface area contributed by atoms with Gasteiger partial charge >= 0.3 is 12.4 Å². The van der Waals surface area contributed by atoms with Crippen molar-refractivity contribution in [3.05, 3.63) is 60.6 Å². The number of anilines is 4. The molecule has 0 aliphatic carbocycles. The molecular formula is C22H22F3N7O2. The smallest absolute Gasteiger partial charge is 0.404 e. The highest BCUT2D eigenvalue weighted by Gasteiger charge is 2.32. The Labute approximate surface area is 193 Å². The third kappa shape index (κ3) is 6.03. The van der Waals surface area contributed by atoms with Crippen LogP contribution < -0.4 is 20.3 Å². The van der Waals surface area contributed by atoms with E-state index in [0.717, 1.165) is 11.6 Å². The number of urea groups is 1. The molecular weight excluding hydrogens is 451 g/mol. The number of nitrogens with one attached hydrogen (secondary N) is 2. The topological polar surface area (TPSA) is 95.5 Å². The maximum absolute atomic E-state index is 12.6. The van der Waals surface area contributed by atoms with Gasteiger partial charge in [0.05, 0.1) is 5.69 Å². The minimum Gasteiger partial charge on any atom is -0.404 e. The lowest BCUT2D eigenvalue weighted by molar-refractivity contribution is -0.274. The number of benzene rings is 1. The minimum absolute atomic E-state index is 0.0523. The maximum Gasteiger partial charge on any atom is 0.573 e. The number of halogens is 3. The van der Waals surface area contributed by atoms with Crippen LogP contribution in [-0.4, -0.2) is 58.4 Å². The standard InChI is InChI=1S/C22H22F3N7O2/c1-15-6-7-26-18(12-15)30-19-13-20(28-14-27-19)31-8-10-32(11-9-31)21(33)29-16-4-2-3-5-17(16)34-22(23,24)25/h2-7,12-14H,8-11H2,1H3,(H,29,33)(H,26,27,28,30). The van der Waals surface area contributed by atoms with E-state index < -0.39 is 18.1 Å². The molecule has 1 aliphatic rings. The van der Waals surface area contributed by atoms with Gasteiger partial charge in [-0.3, -0.25) is 0 Å². The van der Waals surface area contributed by atoms with Crippen molar-refractivity contribution in [3.63, 3.8) is 0 Å². The highest BCUT2D eigenvalue weighted by Crippen LogP contribution is 2.30. The summed E-state index contributed by atoms with van der Waals surface area (Å²) in [5, 5.41) is 5.64. The van der Waals surface area contributed by atoms with Crippen molar-refractivity contribution in [1.82, 2.24) is 19.9 Å². The summed E-state index contributed by atoms with van der Waals surface area (Å²) in [4.78, 5) is 29.0. The van der Waals surface area contributed by atoms with Crippen molar-refractivity contribution in [3.8, 4) is 5.75 Å². The van der Waals surface area contributed by atoms with Crippen molar-refractivity contribution in [1.29, 1.82) is 0 Å². The molecule has 9 nitrogen and oxygen atoms in total. The number of pyridine rings is 1.